The van der Waals surface area contributed by atoms with Crippen molar-refractivity contribution in [1.29, 1.82) is 0 Å². The molecular formula is C15H30N2O. The van der Waals surface area contributed by atoms with Crippen LogP contribution in [0.3, 0.4) is 0 Å². The van der Waals surface area contributed by atoms with Crippen molar-refractivity contribution in [1.82, 2.24) is 5.32 Å². The van der Waals surface area contributed by atoms with Crippen molar-refractivity contribution < 1.29 is 4.79 Å². The zero-order valence-corrected chi connectivity index (χ0v) is 12.2. The molecule has 1 fully saturated rings. The van der Waals surface area contributed by atoms with E-state index in [2.05, 4.69) is 26.1 Å². The number of carbonyl (C=O) groups is 1. The Hall–Kier alpha value is -0.570. The summed E-state index contributed by atoms with van der Waals surface area (Å²) in [5.74, 6) is 1.32. The molecule has 3 atom stereocenters. The molecule has 3 heteroatoms. The maximum absolute atomic E-state index is 12.0. The molecule has 0 aromatic heterocycles. The van der Waals surface area contributed by atoms with Crippen molar-refractivity contribution in [2.24, 2.45) is 17.6 Å². The summed E-state index contributed by atoms with van der Waals surface area (Å²) in [6.07, 6.45) is 7.84. The van der Waals surface area contributed by atoms with Crippen molar-refractivity contribution in [3.63, 3.8) is 0 Å². The van der Waals surface area contributed by atoms with E-state index >= 15 is 0 Å². The van der Waals surface area contributed by atoms with Gasteiger partial charge in [0.05, 0.1) is 6.04 Å². The summed E-state index contributed by atoms with van der Waals surface area (Å²) in [6, 6.07) is 0.0265. The van der Waals surface area contributed by atoms with Crippen LogP contribution >= 0.6 is 0 Å². The van der Waals surface area contributed by atoms with Crippen LogP contribution in [0.25, 0.3) is 0 Å². The van der Waals surface area contributed by atoms with Crippen molar-refractivity contribution in [2.75, 3.05) is 0 Å². The average molecular weight is 254 g/mol. The molecule has 106 valence electrons. The molecule has 1 aliphatic rings. The summed E-state index contributed by atoms with van der Waals surface area (Å²) in [4.78, 5) is 12.0. The number of carbonyl (C=O) groups excluding carboxylic acids is 1. The molecule has 1 rings (SSSR count). The number of hydrogen-bond acceptors (Lipinski definition) is 2. The Morgan fingerprint density at radius 2 is 2.00 bits per heavy atom. The highest BCUT2D eigenvalue weighted by atomic mass is 16.2. The molecule has 0 bridgehead atoms. The van der Waals surface area contributed by atoms with E-state index in [0.717, 1.165) is 25.7 Å². The molecule has 3 nitrogen and oxygen atoms in total. The number of hydrogen-bond donors (Lipinski definition) is 2. The Balaban J connectivity index is 2.45. The first-order chi connectivity index (χ1) is 8.56. The fourth-order valence-electron chi connectivity index (χ4n) is 2.98. The summed E-state index contributed by atoms with van der Waals surface area (Å²) in [5.41, 5.74) is 5.93. The third kappa shape index (κ3) is 4.60. The second-order valence-electron chi connectivity index (χ2n) is 6.06. The van der Waals surface area contributed by atoms with Crippen LogP contribution in [0, 0.1) is 11.8 Å². The van der Waals surface area contributed by atoms with Crippen LogP contribution in [0.4, 0.5) is 0 Å². The van der Waals surface area contributed by atoms with Crippen molar-refractivity contribution in [3.8, 4) is 0 Å². The van der Waals surface area contributed by atoms with E-state index in [9.17, 15) is 4.79 Å². The summed E-state index contributed by atoms with van der Waals surface area (Å²) >= 11 is 0. The van der Waals surface area contributed by atoms with Crippen molar-refractivity contribution >= 4 is 5.91 Å². The minimum Gasteiger partial charge on any atom is -0.352 e. The van der Waals surface area contributed by atoms with Gasteiger partial charge in [-0.05, 0) is 31.1 Å². The van der Waals surface area contributed by atoms with E-state index < -0.39 is 0 Å². The molecule has 18 heavy (non-hydrogen) atoms. The van der Waals surface area contributed by atoms with E-state index in [0.29, 0.717) is 17.9 Å². The third-order valence-electron chi connectivity index (χ3n) is 4.21. The standard InChI is InChI=1S/C15H30N2O/c1-4-5-9-13(16)15(18)17-14-10-7-6-8-12(14)11(2)3/h11-14H,4-10,16H2,1-3H3,(H,17,18). The molecular weight excluding hydrogens is 224 g/mol. The highest BCUT2D eigenvalue weighted by Crippen LogP contribution is 2.30. The fraction of sp³-hybridized carbons (Fsp3) is 0.933. The second-order valence-corrected chi connectivity index (χ2v) is 6.06. The topological polar surface area (TPSA) is 55.1 Å². The van der Waals surface area contributed by atoms with Crippen LogP contribution in [-0.2, 0) is 4.79 Å². The van der Waals surface area contributed by atoms with E-state index in [-0.39, 0.29) is 11.9 Å². The van der Waals surface area contributed by atoms with Crippen LogP contribution in [0.5, 0.6) is 0 Å². The van der Waals surface area contributed by atoms with Crippen LogP contribution in [0.2, 0.25) is 0 Å². The van der Waals surface area contributed by atoms with E-state index in [1.165, 1.54) is 19.3 Å². The Kier molecular flexibility index (Phi) is 6.69. The summed E-state index contributed by atoms with van der Waals surface area (Å²) < 4.78 is 0. The van der Waals surface area contributed by atoms with Crippen molar-refractivity contribution in [3.05, 3.63) is 0 Å². The van der Waals surface area contributed by atoms with Gasteiger partial charge in [-0.1, -0.05) is 46.5 Å². The smallest absolute Gasteiger partial charge is 0.237 e. The number of unbranched alkanes of at least 4 members (excludes halogenated alkanes) is 1. The Morgan fingerprint density at radius 3 is 2.61 bits per heavy atom. The molecule has 1 saturated carbocycles. The van der Waals surface area contributed by atoms with Gasteiger partial charge in [0.1, 0.15) is 0 Å². The van der Waals surface area contributed by atoms with Gasteiger partial charge < -0.3 is 11.1 Å². The zero-order chi connectivity index (χ0) is 13.5. The maximum atomic E-state index is 12.0. The highest BCUT2D eigenvalue weighted by molar-refractivity contribution is 5.81. The van der Waals surface area contributed by atoms with Gasteiger partial charge in [0.25, 0.3) is 0 Å². The molecule has 0 spiro atoms. The molecule has 0 radical (unpaired) electrons. The second kappa shape index (κ2) is 7.78. The molecule has 0 aromatic rings. The van der Waals surface area contributed by atoms with Gasteiger partial charge in [0, 0.05) is 6.04 Å². The van der Waals surface area contributed by atoms with Crippen molar-refractivity contribution in [2.45, 2.75) is 77.8 Å². The number of nitrogens with one attached hydrogen (secondary N) is 1. The molecule has 1 amide bonds. The SMILES string of the molecule is CCCCC(N)C(=O)NC1CCCCC1C(C)C. The molecule has 0 heterocycles. The number of amides is 1. The lowest BCUT2D eigenvalue weighted by atomic mass is 9.77. The summed E-state index contributed by atoms with van der Waals surface area (Å²) in [5, 5.41) is 3.20. The fourth-order valence-corrected chi connectivity index (χ4v) is 2.98. The third-order valence-corrected chi connectivity index (χ3v) is 4.21. The van der Waals surface area contributed by atoms with Gasteiger partial charge in [-0.25, -0.2) is 0 Å². The van der Waals surface area contributed by atoms with Crippen LogP contribution in [0.1, 0.15) is 65.7 Å². The maximum Gasteiger partial charge on any atom is 0.237 e. The minimum absolute atomic E-state index is 0.0565. The van der Waals surface area contributed by atoms with Gasteiger partial charge in [0.15, 0.2) is 0 Å². The average Bonchev–Trinajstić information content (AvgIpc) is 2.36. The first-order valence-electron chi connectivity index (χ1n) is 7.62. The van der Waals surface area contributed by atoms with Crippen LogP contribution < -0.4 is 11.1 Å². The number of rotatable bonds is 6. The monoisotopic (exact) mass is 254 g/mol. The van der Waals surface area contributed by atoms with Gasteiger partial charge >= 0.3 is 0 Å². The number of nitrogens with two attached hydrogens (primary N) is 1. The van der Waals surface area contributed by atoms with Gasteiger partial charge in [-0.15, -0.1) is 0 Å². The summed E-state index contributed by atoms with van der Waals surface area (Å²) in [6.45, 7) is 6.64. The van der Waals surface area contributed by atoms with E-state index in [4.69, 9.17) is 5.73 Å². The molecule has 1 aliphatic carbocycles. The Morgan fingerprint density at radius 1 is 1.33 bits per heavy atom. The lowest BCUT2D eigenvalue weighted by Gasteiger charge is -2.35. The lowest BCUT2D eigenvalue weighted by molar-refractivity contribution is -0.124. The van der Waals surface area contributed by atoms with E-state index in [1.807, 2.05) is 0 Å². The first-order valence-corrected chi connectivity index (χ1v) is 7.62. The predicted octanol–water partition coefficient (Wildman–Crippen LogP) is 2.83. The van der Waals surface area contributed by atoms with Crippen LogP contribution in [0.15, 0.2) is 0 Å². The van der Waals surface area contributed by atoms with Gasteiger partial charge in [0.2, 0.25) is 5.91 Å². The molecule has 3 N–H and O–H groups in total. The molecule has 0 saturated heterocycles. The molecule has 3 unspecified atom stereocenters. The normalized spacial score (nSPS) is 26.1. The minimum atomic E-state index is -0.320. The van der Waals surface area contributed by atoms with Gasteiger partial charge in [-0.3, -0.25) is 4.79 Å². The molecule has 0 aliphatic heterocycles. The van der Waals surface area contributed by atoms with E-state index in [1.54, 1.807) is 0 Å². The Labute approximate surface area is 112 Å². The lowest BCUT2D eigenvalue weighted by Crippen LogP contribution is -2.49. The largest absolute Gasteiger partial charge is 0.352 e. The molecule has 0 aromatic carbocycles. The quantitative estimate of drug-likeness (QED) is 0.766. The predicted molar refractivity (Wildman–Crippen MR) is 76.2 cm³/mol. The first kappa shape index (κ1) is 15.5. The van der Waals surface area contributed by atoms with Gasteiger partial charge in [-0.2, -0.15) is 0 Å². The van der Waals surface area contributed by atoms with Crippen LogP contribution in [-0.4, -0.2) is 18.0 Å². The Bertz CT molecular complexity index is 253. The highest BCUT2D eigenvalue weighted by Gasteiger charge is 2.29. The summed E-state index contributed by atoms with van der Waals surface area (Å²) in [7, 11) is 0. The zero-order valence-electron chi connectivity index (χ0n) is 12.2.